The smallest absolute Gasteiger partial charge is 0.0223 e. The highest BCUT2D eigenvalue weighted by molar-refractivity contribution is 8.06. The molecule has 1 aliphatic rings. The molecule has 1 heterocycles. The van der Waals surface area contributed by atoms with Crippen LogP contribution in [-0.4, -0.2) is 16.9 Å². The summed E-state index contributed by atoms with van der Waals surface area (Å²) in [5.74, 6) is 2.23. The average molecular weight is 137 g/mol. The minimum Gasteiger partial charge on any atom is -0.157 e. The van der Waals surface area contributed by atoms with Gasteiger partial charge in [-0.2, -0.15) is 11.8 Å². The summed E-state index contributed by atoms with van der Waals surface area (Å²) in [4.78, 5) is 0. The largest absolute Gasteiger partial charge is 0.157 e. The van der Waals surface area contributed by atoms with Crippen molar-refractivity contribution in [3.05, 3.63) is 0 Å². The van der Waals surface area contributed by atoms with E-state index in [1.165, 1.54) is 18.6 Å². The molecule has 2 heteroatoms. The molecule has 0 saturated carbocycles. The van der Waals surface area contributed by atoms with Gasteiger partial charge in [-0.3, -0.25) is 0 Å². The molecule has 0 radical (unpaired) electrons. The van der Waals surface area contributed by atoms with Gasteiger partial charge in [0.25, 0.3) is 0 Å². The summed E-state index contributed by atoms with van der Waals surface area (Å²) in [6.07, 6.45) is 2.55. The zero-order valence-corrected chi connectivity index (χ0v) is 5.76. The zero-order chi connectivity index (χ0) is 5.11. The van der Waals surface area contributed by atoms with E-state index in [-0.39, 0.29) is 0 Å². The Bertz CT molecular complexity index is 52.0. The number of halogens is 1. The number of thioether (sulfide) groups is 1. The Balaban J connectivity index is 1.80. The lowest BCUT2D eigenvalue weighted by atomic mass is 10.3. The van der Waals surface area contributed by atoms with Gasteiger partial charge in [-0.05, 0) is 12.8 Å². The van der Waals surface area contributed by atoms with Crippen molar-refractivity contribution in [3.8, 4) is 0 Å². The fraction of sp³-hybridized carbons (Fsp3) is 1.00. The Hall–Kier alpha value is 0.640. The van der Waals surface area contributed by atoms with Crippen molar-refractivity contribution in [3.63, 3.8) is 0 Å². The van der Waals surface area contributed by atoms with E-state index < -0.39 is 0 Å². The average Bonchev–Trinajstić information content (AvgIpc) is 2.42. The number of rotatable bonds is 3. The Kier molecular flexibility index (Phi) is 2.33. The second-order valence-electron chi connectivity index (χ2n) is 1.79. The normalized spacial score (nSPS) is 27.9. The van der Waals surface area contributed by atoms with Crippen LogP contribution in [0.4, 0.5) is 0 Å². The van der Waals surface area contributed by atoms with Crippen LogP contribution in [0.25, 0.3) is 0 Å². The Morgan fingerprint density at radius 3 is 2.86 bits per heavy atom. The molecule has 0 aromatic heterocycles. The highest BCUT2D eigenvalue weighted by Gasteiger charge is 2.20. The summed E-state index contributed by atoms with van der Waals surface area (Å²) < 4.78 is 0. The van der Waals surface area contributed by atoms with Crippen molar-refractivity contribution >= 4 is 23.4 Å². The summed E-state index contributed by atoms with van der Waals surface area (Å²) in [5.41, 5.74) is 0. The van der Waals surface area contributed by atoms with Crippen molar-refractivity contribution < 1.29 is 0 Å². The van der Waals surface area contributed by atoms with Gasteiger partial charge in [0.1, 0.15) is 0 Å². The summed E-state index contributed by atoms with van der Waals surface area (Å²) in [7, 11) is 0. The van der Waals surface area contributed by atoms with Gasteiger partial charge in [-0.25, -0.2) is 0 Å². The highest BCUT2D eigenvalue weighted by Crippen LogP contribution is 2.33. The van der Waals surface area contributed by atoms with E-state index in [1.807, 2.05) is 11.8 Å². The number of hydrogen-bond acceptors (Lipinski definition) is 1. The first-order valence-corrected chi connectivity index (χ1v) is 4.19. The molecular weight excluding hydrogens is 128 g/mol. The van der Waals surface area contributed by atoms with Gasteiger partial charge in [0.15, 0.2) is 0 Å². The molecule has 0 spiro atoms. The summed E-state index contributed by atoms with van der Waals surface area (Å²) in [6, 6.07) is 0. The second kappa shape index (κ2) is 2.83. The van der Waals surface area contributed by atoms with Crippen LogP contribution in [0.5, 0.6) is 0 Å². The summed E-state index contributed by atoms with van der Waals surface area (Å²) >= 11 is 7.51. The Morgan fingerprint density at radius 2 is 2.43 bits per heavy atom. The standard InChI is InChI=1S/C5H9ClS/c6-3-1-2-5-4-7-5/h5H,1-4H2. The highest BCUT2D eigenvalue weighted by atomic mass is 35.5. The van der Waals surface area contributed by atoms with E-state index in [2.05, 4.69) is 0 Å². The summed E-state index contributed by atoms with van der Waals surface area (Å²) in [6.45, 7) is 0. The molecule has 1 fully saturated rings. The topological polar surface area (TPSA) is 0 Å². The number of hydrogen-bond donors (Lipinski definition) is 0. The predicted octanol–water partition coefficient (Wildman–Crippen LogP) is 2.12. The Morgan fingerprint density at radius 1 is 1.71 bits per heavy atom. The molecule has 0 nitrogen and oxygen atoms in total. The maximum Gasteiger partial charge on any atom is 0.0223 e. The van der Waals surface area contributed by atoms with Crippen molar-refractivity contribution in [1.82, 2.24) is 0 Å². The first-order valence-electron chi connectivity index (χ1n) is 2.61. The zero-order valence-electron chi connectivity index (χ0n) is 4.19. The van der Waals surface area contributed by atoms with E-state index in [9.17, 15) is 0 Å². The van der Waals surface area contributed by atoms with Gasteiger partial charge in [-0.15, -0.1) is 11.6 Å². The van der Waals surface area contributed by atoms with Crippen LogP contribution in [0.3, 0.4) is 0 Å². The van der Waals surface area contributed by atoms with Crippen LogP contribution in [0.2, 0.25) is 0 Å². The van der Waals surface area contributed by atoms with Crippen LogP contribution in [0.1, 0.15) is 12.8 Å². The van der Waals surface area contributed by atoms with Crippen LogP contribution < -0.4 is 0 Å². The van der Waals surface area contributed by atoms with E-state index >= 15 is 0 Å². The maximum absolute atomic E-state index is 5.46. The molecule has 0 bridgehead atoms. The summed E-state index contributed by atoms with van der Waals surface area (Å²) in [5, 5.41) is 0.985. The molecule has 1 unspecified atom stereocenters. The Labute approximate surface area is 53.6 Å². The van der Waals surface area contributed by atoms with Gasteiger partial charge in [0, 0.05) is 16.9 Å². The van der Waals surface area contributed by atoms with Crippen molar-refractivity contribution in [1.29, 1.82) is 0 Å². The van der Waals surface area contributed by atoms with E-state index in [0.717, 1.165) is 11.1 Å². The third kappa shape index (κ3) is 2.45. The molecule has 0 amide bonds. The third-order valence-electron chi connectivity index (χ3n) is 1.06. The molecule has 0 aromatic carbocycles. The fourth-order valence-corrected chi connectivity index (χ4v) is 1.33. The van der Waals surface area contributed by atoms with E-state index in [1.54, 1.807) is 0 Å². The molecular formula is C5H9ClS. The van der Waals surface area contributed by atoms with Crippen LogP contribution >= 0.6 is 23.4 Å². The van der Waals surface area contributed by atoms with Crippen LogP contribution in [0, 0.1) is 0 Å². The van der Waals surface area contributed by atoms with Gasteiger partial charge < -0.3 is 0 Å². The second-order valence-corrected chi connectivity index (χ2v) is 3.50. The molecule has 1 aliphatic heterocycles. The van der Waals surface area contributed by atoms with Crippen molar-refractivity contribution in [2.75, 3.05) is 11.6 Å². The first kappa shape index (κ1) is 5.77. The SMILES string of the molecule is ClCCCC1CS1. The van der Waals surface area contributed by atoms with Crippen molar-refractivity contribution in [2.45, 2.75) is 18.1 Å². The minimum absolute atomic E-state index is 0.844. The predicted molar refractivity (Wildman–Crippen MR) is 36.2 cm³/mol. The van der Waals surface area contributed by atoms with Crippen molar-refractivity contribution in [2.24, 2.45) is 0 Å². The lowest BCUT2D eigenvalue weighted by Gasteiger charge is -1.86. The maximum atomic E-state index is 5.46. The molecule has 1 rings (SSSR count). The van der Waals surface area contributed by atoms with E-state index in [0.29, 0.717) is 0 Å². The molecule has 7 heavy (non-hydrogen) atoms. The van der Waals surface area contributed by atoms with Gasteiger partial charge in [-0.1, -0.05) is 0 Å². The minimum atomic E-state index is 0.844. The lowest BCUT2D eigenvalue weighted by Crippen LogP contribution is -1.82. The number of alkyl halides is 1. The molecule has 0 aliphatic carbocycles. The van der Waals surface area contributed by atoms with Gasteiger partial charge in [0.05, 0.1) is 0 Å². The van der Waals surface area contributed by atoms with Crippen LogP contribution in [-0.2, 0) is 0 Å². The van der Waals surface area contributed by atoms with Gasteiger partial charge in [0.2, 0.25) is 0 Å². The molecule has 0 aromatic rings. The van der Waals surface area contributed by atoms with Gasteiger partial charge >= 0.3 is 0 Å². The molecule has 1 atom stereocenters. The molecule has 42 valence electrons. The quantitative estimate of drug-likeness (QED) is 0.423. The third-order valence-corrected chi connectivity index (χ3v) is 2.37. The monoisotopic (exact) mass is 136 g/mol. The molecule has 0 N–H and O–H groups in total. The first-order chi connectivity index (χ1) is 3.43. The fourth-order valence-electron chi connectivity index (χ4n) is 0.540. The van der Waals surface area contributed by atoms with E-state index in [4.69, 9.17) is 11.6 Å². The van der Waals surface area contributed by atoms with Crippen LogP contribution in [0.15, 0.2) is 0 Å². The lowest BCUT2D eigenvalue weighted by molar-refractivity contribution is 0.836. The molecule has 1 saturated heterocycles.